The van der Waals surface area contributed by atoms with Gasteiger partial charge in [0, 0.05) is 17.1 Å². The van der Waals surface area contributed by atoms with Crippen LogP contribution in [0, 0.1) is 5.92 Å². The standard InChI is InChI=1S/C16H23ClN2S/c1-2-12-4-3-8-19(9-7-12)11-14-6-5-13(16(18)20)10-15(14)17/h5-6,10,12H,2-4,7-9,11H2,1H3,(H2,18,20). The normalized spacial score (nSPS) is 20.6. The van der Waals surface area contributed by atoms with E-state index < -0.39 is 0 Å². The number of likely N-dealkylation sites (tertiary alicyclic amines) is 1. The zero-order valence-corrected chi connectivity index (χ0v) is 13.6. The summed E-state index contributed by atoms with van der Waals surface area (Å²) >= 11 is 11.3. The number of nitrogens with two attached hydrogens (primary N) is 1. The minimum absolute atomic E-state index is 0.402. The van der Waals surface area contributed by atoms with Crippen LogP contribution in [-0.4, -0.2) is 23.0 Å². The Balaban J connectivity index is 2.01. The number of halogens is 1. The van der Waals surface area contributed by atoms with Crippen LogP contribution in [0.2, 0.25) is 5.02 Å². The molecule has 0 saturated carbocycles. The molecule has 1 aliphatic rings. The van der Waals surface area contributed by atoms with E-state index >= 15 is 0 Å². The smallest absolute Gasteiger partial charge is 0.104 e. The molecule has 1 unspecified atom stereocenters. The van der Waals surface area contributed by atoms with Gasteiger partial charge in [-0.15, -0.1) is 0 Å². The molecule has 0 aromatic heterocycles. The predicted molar refractivity (Wildman–Crippen MR) is 90.2 cm³/mol. The molecule has 4 heteroatoms. The summed E-state index contributed by atoms with van der Waals surface area (Å²) in [6, 6.07) is 5.90. The van der Waals surface area contributed by atoms with Crippen molar-refractivity contribution >= 4 is 28.8 Å². The van der Waals surface area contributed by atoms with E-state index in [4.69, 9.17) is 29.6 Å². The van der Waals surface area contributed by atoms with Gasteiger partial charge in [-0.3, -0.25) is 4.90 Å². The molecule has 0 spiro atoms. The maximum absolute atomic E-state index is 6.35. The second kappa shape index (κ2) is 7.39. The SMILES string of the molecule is CCC1CCCN(Cc2ccc(C(N)=S)cc2Cl)CC1. The number of rotatable bonds is 4. The van der Waals surface area contributed by atoms with Crippen molar-refractivity contribution in [3.63, 3.8) is 0 Å². The van der Waals surface area contributed by atoms with Gasteiger partial charge in [0.05, 0.1) is 0 Å². The molecule has 1 fully saturated rings. The van der Waals surface area contributed by atoms with Crippen LogP contribution >= 0.6 is 23.8 Å². The Kier molecular flexibility index (Phi) is 5.82. The summed E-state index contributed by atoms with van der Waals surface area (Å²) in [5.41, 5.74) is 7.64. The molecule has 0 radical (unpaired) electrons. The lowest BCUT2D eigenvalue weighted by molar-refractivity contribution is 0.272. The molecule has 2 N–H and O–H groups in total. The number of nitrogens with zero attached hydrogens (tertiary/aromatic N) is 1. The molecule has 2 nitrogen and oxygen atoms in total. The van der Waals surface area contributed by atoms with Gasteiger partial charge in [-0.1, -0.05) is 49.3 Å². The van der Waals surface area contributed by atoms with Gasteiger partial charge < -0.3 is 5.73 Å². The highest BCUT2D eigenvalue weighted by molar-refractivity contribution is 7.80. The van der Waals surface area contributed by atoms with Crippen molar-refractivity contribution in [3.8, 4) is 0 Å². The summed E-state index contributed by atoms with van der Waals surface area (Å²) < 4.78 is 0. The monoisotopic (exact) mass is 310 g/mol. The summed E-state index contributed by atoms with van der Waals surface area (Å²) in [5.74, 6) is 0.896. The van der Waals surface area contributed by atoms with Crippen LogP contribution in [0.1, 0.15) is 43.7 Å². The van der Waals surface area contributed by atoms with Crippen molar-refractivity contribution < 1.29 is 0 Å². The van der Waals surface area contributed by atoms with Gasteiger partial charge in [-0.25, -0.2) is 0 Å². The number of benzene rings is 1. The Morgan fingerprint density at radius 2 is 2.20 bits per heavy atom. The highest BCUT2D eigenvalue weighted by Gasteiger charge is 2.16. The van der Waals surface area contributed by atoms with E-state index in [1.54, 1.807) is 0 Å². The van der Waals surface area contributed by atoms with Crippen molar-refractivity contribution in [2.45, 2.75) is 39.2 Å². The fourth-order valence-corrected chi connectivity index (χ4v) is 3.23. The van der Waals surface area contributed by atoms with Crippen molar-refractivity contribution in [2.24, 2.45) is 11.7 Å². The highest BCUT2D eigenvalue weighted by Crippen LogP contribution is 2.24. The van der Waals surface area contributed by atoms with Crippen molar-refractivity contribution in [3.05, 3.63) is 34.3 Å². The lowest BCUT2D eigenvalue weighted by Gasteiger charge is -2.21. The Hall–Kier alpha value is -0.640. The Labute approximate surface area is 132 Å². The van der Waals surface area contributed by atoms with Crippen LogP contribution < -0.4 is 5.73 Å². The fourth-order valence-electron chi connectivity index (χ4n) is 2.86. The molecule has 1 atom stereocenters. The lowest BCUT2D eigenvalue weighted by atomic mass is 9.98. The summed E-state index contributed by atoms with van der Waals surface area (Å²) in [4.78, 5) is 2.91. The first kappa shape index (κ1) is 15.7. The van der Waals surface area contributed by atoms with Gasteiger partial charge in [0.2, 0.25) is 0 Å². The molecule has 110 valence electrons. The molecule has 0 amide bonds. The van der Waals surface area contributed by atoms with E-state index in [-0.39, 0.29) is 0 Å². The summed E-state index contributed by atoms with van der Waals surface area (Å²) in [7, 11) is 0. The van der Waals surface area contributed by atoms with Gasteiger partial charge in [-0.2, -0.15) is 0 Å². The van der Waals surface area contributed by atoms with Crippen LogP contribution in [0.15, 0.2) is 18.2 Å². The Morgan fingerprint density at radius 3 is 2.85 bits per heavy atom. The average molecular weight is 311 g/mol. The number of hydrogen-bond donors (Lipinski definition) is 1. The second-order valence-electron chi connectivity index (χ2n) is 5.65. The number of hydrogen-bond acceptors (Lipinski definition) is 2. The molecule has 0 bridgehead atoms. The molecule has 20 heavy (non-hydrogen) atoms. The zero-order valence-electron chi connectivity index (χ0n) is 12.1. The summed E-state index contributed by atoms with van der Waals surface area (Å²) in [5, 5.41) is 0.770. The van der Waals surface area contributed by atoms with E-state index in [1.165, 1.54) is 44.3 Å². The van der Waals surface area contributed by atoms with Crippen LogP contribution in [0.5, 0.6) is 0 Å². The van der Waals surface area contributed by atoms with Crippen molar-refractivity contribution in [1.82, 2.24) is 4.90 Å². The third-order valence-electron chi connectivity index (χ3n) is 4.25. The van der Waals surface area contributed by atoms with E-state index in [1.807, 2.05) is 12.1 Å². The first-order chi connectivity index (χ1) is 9.60. The third-order valence-corrected chi connectivity index (χ3v) is 4.84. The number of thiocarbonyl (C=S) groups is 1. The maximum Gasteiger partial charge on any atom is 0.104 e. The van der Waals surface area contributed by atoms with Crippen LogP contribution in [-0.2, 0) is 6.54 Å². The van der Waals surface area contributed by atoms with E-state index in [2.05, 4.69) is 17.9 Å². The van der Waals surface area contributed by atoms with Crippen LogP contribution in [0.3, 0.4) is 0 Å². The maximum atomic E-state index is 6.35. The minimum Gasteiger partial charge on any atom is -0.389 e. The lowest BCUT2D eigenvalue weighted by Crippen LogP contribution is -2.24. The zero-order chi connectivity index (χ0) is 14.5. The quantitative estimate of drug-likeness (QED) is 0.853. The topological polar surface area (TPSA) is 29.3 Å². The first-order valence-corrected chi connectivity index (χ1v) is 8.19. The molecule has 2 rings (SSSR count). The van der Waals surface area contributed by atoms with Crippen LogP contribution in [0.25, 0.3) is 0 Å². The van der Waals surface area contributed by atoms with Gasteiger partial charge in [0.1, 0.15) is 4.99 Å². The minimum atomic E-state index is 0.402. The van der Waals surface area contributed by atoms with E-state index in [0.29, 0.717) is 4.99 Å². The summed E-state index contributed by atoms with van der Waals surface area (Å²) in [6.07, 6.45) is 5.26. The molecule has 1 aromatic carbocycles. The van der Waals surface area contributed by atoms with E-state index in [0.717, 1.165) is 23.0 Å². The Morgan fingerprint density at radius 1 is 1.40 bits per heavy atom. The first-order valence-electron chi connectivity index (χ1n) is 7.40. The molecular formula is C16H23ClN2S. The molecule has 1 aliphatic heterocycles. The van der Waals surface area contributed by atoms with Gasteiger partial charge in [0.25, 0.3) is 0 Å². The molecule has 1 saturated heterocycles. The third kappa shape index (κ3) is 4.18. The predicted octanol–water partition coefficient (Wildman–Crippen LogP) is 3.99. The van der Waals surface area contributed by atoms with E-state index in [9.17, 15) is 0 Å². The van der Waals surface area contributed by atoms with Gasteiger partial charge in [-0.05, 0) is 49.9 Å². The average Bonchev–Trinajstić information content (AvgIpc) is 2.66. The van der Waals surface area contributed by atoms with Crippen LogP contribution in [0.4, 0.5) is 0 Å². The molecule has 1 heterocycles. The van der Waals surface area contributed by atoms with Gasteiger partial charge >= 0.3 is 0 Å². The van der Waals surface area contributed by atoms with Gasteiger partial charge in [0.15, 0.2) is 0 Å². The second-order valence-corrected chi connectivity index (χ2v) is 6.50. The van der Waals surface area contributed by atoms with Crippen molar-refractivity contribution in [2.75, 3.05) is 13.1 Å². The fraction of sp³-hybridized carbons (Fsp3) is 0.562. The largest absolute Gasteiger partial charge is 0.389 e. The summed E-state index contributed by atoms with van der Waals surface area (Å²) in [6.45, 7) is 5.56. The molecule has 1 aromatic rings. The molecule has 0 aliphatic carbocycles. The molecular weight excluding hydrogens is 288 g/mol. The van der Waals surface area contributed by atoms with Crippen molar-refractivity contribution in [1.29, 1.82) is 0 Å². The Bertz CT molecular complexity index is 476. The highest BCUT2D eigenvalue weighted by atomic mass is 35.5.